The topological polar surface area (TPSA) is 44.8 Å². The summed E-state index contributed by atoms with van der Waals surface area (Å²) >= 11 is 0. The first-order chi connectivity index (χ1) is 9.80. The smallest absolute Gasteiger partial charge is 0.217 e. The van der Waals surface area contributed by atoms with Gasteiger partial charge in [0.05, 0.1) is 0 Å². The van der Waals surface area contributed by atoms with Crippen molar-refractivity contribution in [3.63, 3.8) is 0 Å². The molecule has 0 fully saturated rings. The second-order valence-electron chi connectivity index (χ2n) is 3.84. The van der Waals surface area contributed by atoms with Gasteiger partial charge >= 0.3 is 0 Å². The molecule has 0 aliphatic heterocycles. The lowest BCUT2D eigenvalue weighted by Gasteiger charge is -2.11. The molecule has 0 amide bonds. The first-order valence-corrected chi connectivity index (χ1v) is 5.66. The molecule has 4 nitrogen and oxygen atoms in total. The molecule has 104 valence electrons. The van der Waals surface area contributed by atoms with Gasteiger partial charge in [-0.3, -0.25) is 14.7 Å². The molecule has 2 rings (SSSR count). The lowest BCUT2D eigenvalue weighted by molar-refractivity contribution is -0.0221. The summed E-state index contributed by atoms with van der Waals surface area (Å²) in [6.45, 7) is -0.0638. The molecule has 0 unspecified atom stereocenters. The number of carbonyl (C=O) groups is 1. The molecule has 6 heteroatoms. The van der Waals surface area contributed by atoms with Crippen LogP contribution >= 0.6 is 0 Å². The first kappa shape index (κ1) is 13.8. The van der Waals surface area contributed by atoms with Gasteiger partial charge in [0.1, 0.15) is 12.9 Å². The lowest BCUT2D eigenvalue weighted by atomic mass is 10.1. The summed E-state index contributed by atoms with van der Waals surface area (Å²) in [5.74, 6) is -0.856. The van der Waals surface area contributed by atoms with Gasteiger partial charge in [0.2, 0.25) is 17.2 Å². The SMILES string of the molecule is O=Cc1ccccc1COc1c(OF)cccc1OF. The Hall–Kier alpha value is -2.63. The average Bonchev–Trinajstić information content (AvgIpc) is 2.52. The van der Waals surface area contributed by atoms with Gasteiger partial charge in [-0.2, -0.15) is 0 Å². The normalized spacial score (nSPS) is 9.90. The number of carbonyl (C=O) groups excluding carboxylic acids is 1. The van der Waals surface area contributed by atoms with Gasteiger partial charge in [0.25, 0.3) is 0 Å². The van der Waals surface area contributed by atoms with E-state index in [1.165, 1.54) is 18.2 Å². The molecule has 0 heterocycles. The summed E-state index contributed by atoms with van der Waals surface area (Å²) < 4.78 is 30.0. The van der Waals surface area contributed by atoms with Crippen molar-refractivity contribution in [1.29, 1.82) is 0 Å². The number of aldehydes is 1. The highest BCUT2D eigenvalue weighted by Crippen LogP contribution is 2.38. The molecule has 0 saturated carbocycles. The lowest BCUT2D eigenvalue weighted by Crippen LogP contribution is -2.01. The van der Waals surface area contributed by atoms with Crippen molar-refractivity contribution in [1.82, 2.24) is 0 Å². The zero-order valence-electron chi connectivity index (χ0n) is 10.2. The molecular weight excluding hydrogens is 270 g/mol. The predicted octanol–water partition coefficient (Wildman–Crippen LogP) is 3.60. The Morgan fingerprint density at radius 3 is 2.20 bits per heavy atom. The Balaban J connectivity index is 2.24. The van der Waals surface area contributed by atoms with Crippen LogP contribution in [0.5, 0.6) is 17.2 Å². The molecule has 0 saturated heterocycles. The van der Waals surface area contributed by atoms with E-state index in [1.54, 1.807) is 24.3 Å². The molecule has 0 aliphatic rings. The second kappa shape index (κ2) is 6.51. The van der Waals surface area contributed by atoms with E-state index in [2.05, 4.69) is 9.88 Å². The molecule has 0 aromatic heterocycles. The Morgan fingerprint density at radius 1 is 0.950 bits per heavy atom. The molecule has 0 N–H and O–H groups in total. The fourth-order valence-corrected chi connectivity index (χ4v) is 1.69. The summed E-state index contributed by atoms with van der Waals surface area (Å²) in [6.07, 6.45) is 0.669. The average molecular weight is 280 g/mol. The minimum Gasteiger partial charge on any atom is -0.481 e. The quantitative estimate of drug-likeness (QED) is 0.758. The maximum atomic E-state index is 12.4. The highest BCUT2D eigenvalue weighted by molar-refractivity contribution is 5.77. The van der Waals surface area contributed by atoms with E-state index in [9.17, 15) is 13.8 Å². The number of para-hydroxylation sites is 1. The number of ether oxygens (including phenoxy) is 1. The molecule has 2 aromatic rings. The minimum absolute atomic E-state index is 0.0638. The van der Waals surface area contributed by atoms with Gasteiger partial charge in [-0.15, -0.1) is 0 Å². The molecule has 0 radical (unpaired) electrons. The Labute approximate surface area is 113 Å². The van der Waals surface area contributed by atoms with Gasteiger partial charge in [0, 0.05) is 14.6 Å². The Bertz CT molecular complexity index is 579. The highest BCUT2D eigenvalue weighted by Gasteiger charge is 2.15. The largest absolute Gasteiger partial charge is 0.481 e. The van der Waals surface area contributed by atoms with Crippen molar-refractivity contribution in [2.75, 3.05) is 0 Å². The summed E-state index contributed by atoms with van der Waals surface area (Å²) in [5.41, 5.74) is 0.995. The fraction of sp³-hybridized carbons (Fsp3) is 0.0714. The van der Waals surface area contributed by atoms with Crippen LogP contribution < -0.4 is 14.6 Å². The van der Waals surface area contributed by atoms with Crippen LogP contribution in [-0.4, -0.2) is 6.29 Å². The van der Waals surface area contributed by atoms with Crippen molar-refractivity contribution in [3.05, 3.63) is 53.6 Å². The van der Waals surface area contributed by atoms with Crippen LogP contribution in [0.4, 0.5) is 9.05 Å². The molecular formula is C14H10F2O4. The number of rotatable bonds is 6. The van der Waals surface area contributed by atoms with Crippen molar-refractivity contribution in [2.24, 2.45) is 0 Å². The van der Waals surface area contributed by atoms with Crippen LogP contribution in [0, 0.1) is 0 Å². The van der Waals surface area contributed by atoms with Gasteiger partial charge in [0.15, 0.2) is 0 Å². The summed E-state index contributed by atoms with van der Waals surface area (Å²) in [7, 11) is 0. The van der Waals surface area contributed by atoms with Crippen LogP contribution in [0.2, 0.25) is 0 Å². The van der Waals surface area contributed by atoms with Crippen molar-refractivity contribution in [2.45, 2.75) is 6.61 Å². The maximum absolute atomic E-state index is 12.4. The maximum Gasteiger partial charge on any atom is 0.217 e. The van der Waals surface area contributed by atoms with Crippen molar-refractivity contribution in [3.8, 4) is 17.2 Å². The van der Waals surface area contributed by atoms with E-state index in [1.807, 2.05) is 0 Å². The molecule has 0 aliphatic carbocycles. The monoisotopic (exact) mass is 280 g/mol. The first-order valence-electron chi connectivity index (χ1n) is 5.66. The van der Waals surface area contributed by atoms with Crippen molar-refractivity contribution < 1.29 is 28.5 Å². The van der Waals surface area contributed by atoms with Gasteiger partial charge in [-0.25, -0.2) is 0 Å². The number of hydrogen-bond acceptors (Lipinski definition) is 4. The zero-order valence-corrected chi connectivity index (χ0v) is 10.2. The number of hydrogen-bond donors (Lipinski definition) is 0. The molecule has 0 atom stereocenters. The van der Waals surface area contributed by atoms with Crippen molar-refractivity contribution >= 4 is 6.29 Å². The van der Waals surface area contributed by atoms with Crippen LogP contribution in [0.25, 0.3) is 0 Å². The third kappa shape index (κ3) is 2.85. The van der Waals surface area contributed by atoms with E-state index < -0.39 is 0 Å². The van der Waals surface area contributed by atoms with Crippen LogP contribution in [-0.2, 0) is 6.61 Å². The zero-order chi connectivity index (χ0) is 14.4. The van der Waals surface area contributed by atoms with Gasteiger partial charge < -0.3 is 4.74 Å². The summed E-state index contributed by atoms with van der Waals surface area (Å²) in [6, 6.07) is 10.5. The second-order valence-corrected chi connectivity index (χ2v) is 3.84. The van der Waals surface area contributed by atoms with E-state index in [4.69, 9.17) is 4.74 Å². The van der Waals surface area contributed by atoms with E-state index >= 15 is 0 Å². The van der Waals surface area contributed by atoms with E-state index in [0.717, 1.165) is 0 Å². The van der Waals surface area contributed by atoms with Crippen LogP contribution in [0.15, 0.2) is 42.5 Å². The van der Waals surface area contributed by atoms with Crippen LogP contribution in [0.1, 0.15) is 15.9 Å². The van der Waals surface area contributed by atoms with E-state index in [0.29, 0.717) is 17.4 Å². The Morgan fingerprint density at radius 2 is 1.60 bits per heavy atom. The molecule has 0 spiro atoms. The fourth-order valence-electron chi connectivity index (χ4n) is 1.69. The van der Waals surface area contributed by atoms with Gasteiger partial charge in [-0.1, -0.05) is 30.3 Å². The predicted molar refractivity (Wildman–Crippen MR) is 66.1 cm³/mol. The molecule has 0 bridgehead atoms. The molecule has 20 heavy (non-hydrogen) atoms. The highest BCUT2D eigenvalue weighted by atomic mass is 19.3. The third-order valence-corrected chi connectivity index (χ3v) is 2.66. The minimum atomic E-state index is -0.316. The van der Waals surface area contributed by atoms with Gasteiger partial charge in [-0.05, 0) is 17.7 Å². The number of benzene rings is 2. The standard InChI is InChI=1S/C14H10F2O4/c15-19-12-6-3-7-13(20-16)14(12)18-9-11-5-2-1-4-10(11)8-17/h1-8H,9H2. The molecule has 2 aromatic carbocycles. The van der Waals surface area contributed by atoms with Crippen LogP contribution in [0.3, 0.4) is 0 Å². The summed E-state index contributed by atoms with van der Waals surface area (Å²) in [5, 5.41) is 0. The summed E-state index contributed by atoms with van der Waals surface area (Å²) in [4.78, 5) is 18.0. The Kier molecular flexibility index (Phi) is 4.49. The number of halogens is 2. The van der Waals surface area contributed by atoms with E-state index in [-0.39, 0.29) is 23.9 Å². The third-order valence-electron chi connectivity index (χ3n) is 2.66.